The predicted molar refractivity (Wildman–Crippen MR) is 96.0 cm³/mol. The second kappa shape index (κ2) is 7.47. The highest BCUT2D eigenvalue weighted by molar-refractivity contribution is 7.89. The van der Waals surface area contributed by atoms with E-state index in [1.54, 1.807) is 13.1 Å². The van der Waals surface area contributed by atoms with Gasteiger partial charge in [0, 0.05) is 20.1 Å². The Morgan fingerprint density at radius 2 is 1.62 bits per heavy atom. The van der Waals surface area contributed by atoms with Crippen LogP contribution in [0.2, 0.25) is 0 Å². The maximum Gasteiger partial charge on any atom is 0.243 e. The van der Waals surface area contributed by atoms with Crippen molar-refractivity contribution in [3.63, 3.8) is 0 Å². The summed E-state index contributed by atoms with van der Waals surface area (Å²) in [7, 11) is -1.84. The van der Waals surface area contributed by atoms with Gasteiger partial charge in [-0.15, -0.1) is 0 Å². The Balaban J connectivity index is 1.76. The molecule has 0 saturated carbocycles. The summed E-state index contributed by atoms with van der Waals surface area (Å²) in [5, 5.41) is 0. The Bertz CT molecular complexity index is 769. The molecular weight excluding hydrogens is 320 g/mol. The summed E-state index contributed by atoms with van der Waals surface area (Å²) < 4.78 is 27.1. The van der Waals surface area contributed by atoms with Gasteiger partial charge in [-0.1, -0.05) is 42.5 Å². The lowest BCUT2D eigenvalue weighted by molar-refractivity contribution is 0.331. The van der Waals surface area contributed by atoms with E-state index in [0.29, 0.717) is 11.4 Å². The average molecular weight is 344 g/mol. The molecule has 1 heterocycles. The second-order valence-electron chi connectivity index (χ2n) is 6.38. The Kier molecular flexibility index (Phi) is 5.33. The van der Waals surface area contributed by atoms with Gasteiger partial charge in [-0.05, 0) is 49.2 Å². The molecule has 1 fully saturated rings. The molecule has 0 aromatic heterocycles. The van der Waals surface area contributed by atoms with E-state index >= 15 is 0 Å². The zero-order chi connectivity index (χ0) is 17.0. The molecule has 1 aliphatic heterocycles. The predicted octanol–water partition coefficient (Wildman–Crippen LogP) is 3.10. The molecule has 2 aromatic carbocycles. The van der Waals surface area contributed by atoms with Crippen molar-refractivity contribution in [2.75, 3.05) is 20.1 Å². The molecule has 0 unspecified atom stereocenters. The van der Waals surface area contributed by atoms with Crippen molar-refractivity contribution in [1.82, 2.24) is 9.21 Å². The number of likely N-dealkylation sites (tertiary alicyclic amines) is 1. The molecule has 1 aliphatic rings. The quantitative estimate of drug-likeness (QED) is 0.808. The van der Waals surface area contributed by atoms with E-state index in [4.69, 9.17) is 0 Å². The third-order valence-electron chi connectivity index (χ3n) is 4.46. The fourth-order valence-corrected chi connectivity index (χ4v) is 4.34. The molecule has 0 atom stereocenters. The third-order valence-corrected chi connectivity index (χ3v) is 6.26. The van der Waals surface area contributed by atoms with Crippen LogP contribution in [0.1, 0.15) is 24.0 Å². The number of hydrogen-bond donors (Lipinski definition) is 0. The van der Waals surface area contributed by atoms with E-state index in [1.165, 1.54) is 17.1 Å². The van der Waals surface area contributed by atoms with Crippen LogP contribution in [0.4, 0.5) is 0 Å². The molecule has 0 spiro atoms. The van der Waals surface area contributed by atoms with Crippen molar-refractivity contribution >= 4 is 10.0 Å². The Labute approximate surface area is 144 Å². The highest BCUT2D eigenvalue weighted by Gasteiger charge is 2.21. The van der Waals surface area contributed by atoms with Crippen LogP contribution < -0.4 is 0 Å². The van der Waals surface area contributed by atoms with Crippen molar-refractivity contribution in [3.8, 4) is 0 Å². The van der Waals surface area contributed by atoms with Gasteiger partial charge in [-0.2, -0.15) is 4.31 Å². The van der Waals surface area contributed by atoms with Gasteiger partial charge in [0.1, 0.15) is 0 Å². The SMILES string of the molecule is CN(Cc1ccccc1)S(=O)(=O)c1cccc(CN2CCCC2)c1. The van der Waals surface area contributed by atoms with Crippen molar-refractivity contribution in [3.05, 3.63) is 65.7 Å². The van der Waals surface area contributed by atoms with E-state index in [9.17, 15) is 8.42 Å². The third kappa shape index (κ3) is 4.04. The fraction of sp³-hybridized carbons (Fsp3) is 0.368. The van der Waals surface area contributed by atoms with Gasteiger partial charge >= 0.3 is 0 Å². The first kappa shape index (κ1) is 17.1. The molecule has 128 valence electrons. The maximum atomic E-state index is 12.8. The van der Waals surface area contributed by atoms with Crippen LogP contribution in [0.15, 0.2) is 59.5 Å². The van der Waals surface area contributed by atoms with Gasteiger partial charge in [0.2, 0.25) is 10.0 Å². The van der Waals surface area contributed by atoms with Crippen LogP contribution in [0.3, 0.4) is 0 Å². The lowest BCUT2D eigenvalue weighted by atomic mass is 10.2. The molecule has 0 aliphatic carbocycles. The summed E-state index contributed by atoms with van der Waals surface area (Å²) in [6.07, 6.45) is 2.47. The Morgan fingerprint density at radius 3 is 2.33 bits per heavy atom. The molecule has 0 N–H and O–H groups in total. The first-order chi connectivity index (χ1) is 11.6. The summed E-state index contributed by atoms with van der Waals surface area (Å²) in [5.74, 6) is 0. The minimum absolute atomic E-state index is 0.373. The summed E-state index contributed by atoms with van der Waals surface area (Å²) in [5.41, 5.74) is 2.04. The van der Waals surface area contributed by atoms with Crippen molar-refractivity contribution < 1.29 is 8.42 Å². The van der Waals surface area contributed by atoms with Gasteiger partial charge in [0.15, 0.2) is 0 Å². The first-order valence-corrected chi connectivity index (χ1v) is 9.81. The minimum Gasteiger partial charge on any atom is -0.299 e. The van der Waals surface area contributed by atoms with Crippen LogP contribution in [0.5, 0.6) is 0 Å². The van der Waals surface area contributed by atoms with Crippen LogP contribution >= 0.6 is 0 Å². The standard InChI is InChI=1S/C19H24N2O2S/c1-20(15-17-8-3-2-4-9-17)24(22,23)19-11-7-10-18(14-19)16-21-12-5-6-13-21/h2-4,7-11,14H,5-6,12-13,15-16H2,1H3. The zero-order valence-electron chi connectivity index (χ0n) is 14.1. The highest BCUT2D eigenvalue weighted by atomic mass is 32.2. The number of nitrogens with zero attached hydrogens (tertiary/aromatic N) is 2. The van der Waals surface area contributed by atoms with E-state index < -0.39 is 10.0 Å². The summed E-state index contributed by atoms with van der Waals surface area (Å²) >= 11 is 0. The molecule has 0 amide bonds. The summed E-state index contributed by atoms with van der Waals surface area (Å²) in [4.78, 5) is 2.75. The van der Waals surface area contributed by atoms with Gasteiger partial charge in [0.05, 0.1) is 4.90 Å². The van der Waals surface area contributed by atoms with E-state index in [2.05, 4.69) is 4.90 Å². The molecule has 2 aromatic rings. The van der Waals surface area contributed by atoms with Crippen LogP contribution in [0.25, 0.3) is 0 Å². The smallest absolute Gasteiger partial charge is 0.243 e. The Morgan fingerprint density at radius 1 is 0.958 bits per heavy atom. The number of sulfonamides is 1. The second-order valence-corrected chi connectivity index (χ2v) is 8.42. The number of rotatable bonds is 6. The van der Waals surface area contributed by atoms with Crippen LogP contribution in [0, 0.1) is 0 Å². The molecule has 3 rings (SSSR count). The lowest BCUT2D eigenvalue weighted by Gasteiger charge is -2.19. The van der Waals surface area contributed by atoms with Crippen molar-refractivity contribution in [2.24, 2.45) is 0 Å². The molecule has 24 heavy (non-hydrogen) atoms. The molecule has 0 bridgehead atoms. The first-order valence-electron chi connectivity index (χ1n) is 8.37. The monoisotopic (exact) mass is 344 g/mol. The summed E-state index contributed by atoms with van der Waals surface area (Å²) in [6.45, 7) is 3.40. The van der Waals surface area contributed by atoms with Crippen LogP contribution in [-0.4, -0.2) is 37.8 Å². The normalized spacial score (nSPS) is 15.9. The van der Waals surface area contributed by atoms with Gasteiger partial charge in [-0.3, -0.25) is 4.90 Å². The van der Waals surface area contributed by atoms with E-state index in [1.807, 2.05) is 48.5 Å². The maximum absolute atomic E-state index is 12.8. The number of benzene rings is 2. The average Bonchev–Trinajstić information content (AvgIpc) is 3.09. The molecule has 5 heteroatoms. The van der Waals surface area contributed by atoms with E-state index in [0.717, 1.165) is 30.8 Å². The largest absolute Gasteiger partial charge is 0.299 e. The van der Waals surface area contributed by atoms with Gasteiger partial charge < -0.3 is 0 Å². The van der Waals surface area contributed by atoms with Crippen molar-refractivity contribution in [1.29, 1.82) is 0 Å². The van der Waals surface area contributed by atoms with E-state index in [-0.39, 0.29) is 0 Å². The zero-order valence-corrected chi connectivity index (χ0v) is 14.9. The minimum atomic E-state index is -3.48. The lowest BCUT2D eigenvalue weighted by Crippen LogP contribution is -2.26. The molecule has 4 nitrogen and oxygen atoms in total. The van der Waals surface area contributed by atoms with Crippen molar-refractivity contribution in [2.45, 2.75) is 30.8 Å². The summed E-state index contributed by atoms with van der Waals surface area (Å²) in [6, 6.07) is 17.0. The van der Waals surface area contributed by atoms with Crippen LogP contribution in [-0.2, 0) is 23.1 Å². The van der Waals surface area contributed by atoms with Gasteiger partial charge in [-0.25, -0.2) is 8.42 Å². The number of hydrogen-bond acceptors (Lipinski definition) is 3. The van der Waals surface area contributed by atoms with Gasteiger partial charge in [0.25, 0.3) is 0 Å². The molecule has 1 saturated heterocycles. The fourth-order valence-electron chi connectivity index (χ4n) is 3.11. The highest BCUT2D eigenvalue weighted by Crippen LogP contribution is 2.20. The topological polar surface area (TPSA) is 40.6 Å². The Hall–Kier alpha value is -1.69. The molecule has 0 radical (unpaired) electrons. The molecular formula is C19H24N2O2S.